The third kappa shape index (κ3) is 3.02. The highest BCUT2D eigenvalue weighted by Crippen LogP contribution is 2.25. The number of nitrogens with zero attached hydrogens (tertiary/aromatic N) is 2. The lowest BCUT2D eigenvalue weighted by Crippen LogP contribution is -2.30. The van der Waals surface area contributed by atoms with Crippen LogP contribution in [0.4, 0.5) is 0 Å². The lowest BCUT2D eigenvalue weighted by molar-refractivity contribution is 0.410. The number of hydrogen-bond acceptors (Lipinski definition) is 3. The maximum Gasteiger partial charge on any atom is 0.244 e. The van der Waals surface area contributed by atoms with Gasteiger partial charge < -0.3 is 0 Å². The Labute approximate surface area is 133 Å². The summed E-state index contributed by atoms with van der Waals surface area (Å²) < 4.78 is 27.7. The van der Waals surface area contributed by atoms with Gasteiger partial charge >= 0.3 is 0 Å². The molecule has 0 unspecified atom stereocenters. The minimum atomic E-state index is -3.51. The van der Waals surface area contributed by atoms with Gasteiger partial charge in [0, 0.05) is 30.0 Å². The number of benzene rings is 1. The first kappa shape index (κ1) is 14.7. The third-order valence-corrected chi connectivity index (χ3v) is 5.88. The van der Waals surface area contributed by atoms with E-state index in [2.05, 4.69) is 27.0 Å². The van der Waals surface area contributed by atoms with E-state index in [1.165, 1.54) is 11.8 Å². The van der Waals surface area contributed by atoms with Gasteiger partial charge in [-0.2, -0.15) is 4.31 Å². The van der Waals surface area contributed by atoms with Crippen molar-refractivity contribution < 1.29 is 8.42 Å². The van der Waals surface area contributed by atoms with Crippen molar-refractivity contribution in [3.8, 4) is 0 Å². The molecule has 0 radical (unpaired) electrons. The van der Waals surface area contributed by atoms with Crippen LogP contribution < -0.4 is 0 Å². The molecule has 3 rings (SSSR count). The van der Waals surface area contributed by atoms with E-state index < -0.39 is 10.0 Å². The second kappa shape index (κ2) is 5.87. The van der Waals surface area contributed by atoms with Crippen molar-refractivity contribution in [1.29, 1.82) is 0 Å². The lowest BCUT2D eigenvalue weighted by Gasteiger charge is -2.20. The third-order valence-electron chi connectivity index (χ3n) is 3.64. The Morgan fingerprint density at radius 2 is 1.90 bits per heavy atom. The highest BCUT2D eigenvalue weighted by Gasteiger charge is 2.27. The summed E-state index contributed by atoms with van der Waals surface area (Å²) in [4.78, 5) is 4.19. The number of fused-ring (bicyclic) bond motifs is 1. The fraction of sp³-hybridized carbons (Fsp3) is 0.267. The first-order chi connectivity index (χ1) is 10.1. The standard InChI is InChI=1S/C15H15BrN2O2S/c16-14-8-15(10-17-9-14)21(19,20)18-7-3-6-12-4-1-2-5-13(12)11-18/h1-2,4-5,8-10H,3,6-7,11H2. The maximum absolute atomic E-state index is 12.8. The van der Waals surface area contributed by atoms with Crippen LogP contribution in [0.3, 0.4) is 0 Å². The molecule has 0 spiro atoms. The topological polar surface area (TPSA) is 50.3 Å². The lowest BCUT2D eigenvalue weighted by atomic mass is 10.0. The number of aryl methyl sites for hydroxylation is 1. The van der Waals surface area contributed by atoms with Crippen LogP contribution in [-0.4, -0.2) is 24.3 Å². The van der Waals surface area contributed by atoms with Gasteiger partial charge in [-0.1, -0.05) is 24.3 Å². The van der Waals surface area contributed by atoms with E-state index in [9.17, 15) is 8.42 Å². The Hall–Kier alpha value is -1.24. The predicted molar refractivity (Wildman–Crippen MR) is 84.3 cm³/mol. The number of rotatable bonds is 2. The normalized spacial score (nSPS) is 16.2. The largest absolute Gasteiger partial charge is 0.262 e. The van der Waals surface area contributed by atoms with Crippen molar-refractivity contribution in [3.05, 3.63) is 58.3 Å². The smallest absolute Gasteiger partial charge is 0.244 e. The quantitative estimate of drug-likeness (QED) is 0.820. The number of sulfonamides is 1. The van der Waals surface area contributed by atoms with Gasteiger partial charge in [0.25, 0.3) is 0 Å². The fourth-order valence-electron chi connectivity index (χ4n) is 2.56. The van der Waals surface area contributed by atoms with Gasteiger partial charge in [-0.15, -0.1) is 0 Å². The molecule has 110 valence electrons. The molecule has 0 fully saturated rings. The number of aromatic nitrogens is 1. The molecule has 0 amide bonds. The van der Waals surface area contributed by atoms with Crippen LogP contribution >= 0.6 is 15.9 Å². The van der Waals surface area contributed by atoms with Gasteiger partial charge in [-0.3, -0.25) is 4.98 Å². The van der Waals surface area contributed by atoms with Crippen molar-refractivity contribution in [1.82, 2.24) is 9.29 Å². The summed E-state index contributed by atoms with van der Waals surface area (Å²) in [5.74, 6) is 0. The number of hydrogen-bond donors (Lipinski definition) is 0. The van der Waals surface area contributed by atoms with Crippen LogP contribution in [0.5, 0.6) is 0 Å². The Bertz CT molecular complexity index is 762. The molecule has 6 heteroatoms. The molecule has 1 aromatic carbocycles. The maximum atomic E-state index is 12.8. The van der Waals surface area contributed by atoms with Crippen LogP contribution in [0.25, 0.3) is 0 Å². The van der Waals surface area contributed by atoms with Gasteiger partial charge in [0.15, 0.2) is 0 Å². The van der Waals surface area contributed by atoms with Gasteiger partial charge in [0.2, 0.25) is 10.0 Å². The van der Waals surface area contributed by atoms with Gasteiger partial charge in [-0.05, 0) is 46.0 Å². The molecule has 1 aromatic heterocycles. The molecule has 0 saturated carbocycles. The molecule has 2 heterocycles. The van der Waals surface area contributed by atoms with Gasteiger partial charge in [0.05, 0.1) is 0 Å². The Kier molecular flexibility index (Phi) is 4.10. The fourth-order valence-corrected chi connectivity index (χ4v) is 4.52. The van der Waals surface area contributed by atoms with Crippen molar-refractivity contribution >= 4 is 26.0 Å². The van der Waals surface area contributed by atoms with E-state index >= 15 is 0 Å². The minimum absolute atomic E-state index is 0.233. The molecular weight excluding hydrogens is 352 g/mol. The van der Waals surface area contributed by atoms with Crippen molar-refractivity contribution in [3.63, 3.8) is 0 Å². The predicted octanol–water partition coefficient (Wildman–Crippen LogP) is 2.98. The second-order valence-corrected chi connectivity index (χ2v) is 7.90. The van der Waals surface area contributed by atoms with E-state index in [4.69, 9.17) is 0 Å². The summed E-state index contributed by atoms with van der Waals surface area (Å²) in [7, 11) is -3.51. The zero-order valence-electron chi connectivity index (χ0n) is 11.4. The minimum Gasteiger partial charge on any atom is -0.262 e. The van der Waals surface area contributed by atoms with Crippen molar-refractivity contribution in [2.24, 2.45) is 0 Å². The van der Waals surface area contributed by atoms with E-state index in [1.807, 2.05) is 18.2 Å². The summed E-state index contributed by atoms with van der Waals surface area (Å²) >= 11 is 3.27. The zero-order chi connectivity index (χ0) is 14.9. The molecule has 0 N–H and O–H groups in total. The van der Waals surface area contributed by atoms with Crippen molar-refractivity contribution in [2.75, 3.05) is 6.54 Å². The van der Waals surface area contributed by atoms with Crippen LogP contribution in [0.1, 0.15) is 17.5 Å². The molecule has 0 bridgehead atoms. The molecule has 1 aliphatic rings. The summed E-state index contributed by atoms with van der Waals surface area (Å²) in [5, 5.41) is 0. The van der Waals surface area contributed by atoms with Crippen LogP contribution in [0, 0.1) is 0 Å². The summed E-state index contributed by atoms with van der Waals surface area (Å²) in [6, 6.07) is 9.63. The average Bonchev–Trinajstić information content (AvgIpc) is 2.70. The molecule has 4 nitrogen and oxygen atoms in total. The SMILES string of the molecule is O=S(=O)(c1cncc(Br)c1)N1CCCc2ccccc2C1. The first-order valence-corrected chi connectivity index (χ1v) is 8.98. The molecule has 0 saturated heterocycles. The summed E-state index contributed by atoms with van der Waals surface area (Å²) in [6.45, 7) is 0.953. The van der Waals surface area contributed by atoms with E-state index in [0.717, 1.165) is 18.4 Å². The van der Waals surface area contributed by atoms with E-state index in [-0.39, 0.29) is 4.90 Å². The molecule has 0 aliphatic carbocycles. The highest BCUT2D eigenvalue weighted by molar-refractivity contribution is 9.10. The number of pyridine rings is 1. The van der Waals surface area contributed by atoms with Crippen molar-refractivity contribution in [2.45, 2.75) is 24.3 Å². The van der Waals surface area contributed by atoms with Crippen LogP contribution in [0.15, 0.2) is 52.1 Å². The van der Waals surface area contributed by atoms with E-state index in [0.29, 0.717) is 17.6 Å². The Balaban J connectivity index is 1.96. The molecule has 1 aliphatic heterocycles. The van der Waals surface area contributed by atoms with Crippen LogP contribution in [-0.2, 0) is 23.0 Å². The zero-order valence-corrected chi connectivity index (χ0v) is 13.8. The van der Waals surface area contributed by atoms with Crippen LogP contribution in [0.2, 0.25) is 0 Å². The van der Waals surface area contributed by atoms with Gasteiger partial charge in [0.1, 0.15) is 4.90 Å². The van der Waals surface area contributed by atoms with Gasteiger partial charge in [-0.25, -0.2) is 8.42 Å². The molecule has 0 atom stereocenters. The highest BCUT2D eigenvalue weighted by atomic mass is 79.9. The first-order valence-electron chi connectivity index (χ1n) is 6.75. The average molecular weight is 367 g/mol. The summed E-state index contributed by atoms with van der Waals surface area (Å²) in [5.41, 5.74) is 2.32. The van der Waals surface area contributed by atoms with E-state index in [1.54, 1.807) is 16.6 Å². The summed E-state index contributed by atoms with van der Waals surface area (Å²) in [6.07, 6.45) is 4.73. The number of halogens is 1. The molecule has 21 heavy (non-hydrogen) atoms. The monoisotopic (exact) mass is 366 g/mol. The Morgan fingerprint density at radius 3 is 2.67 bits per heavy atom. The second-order valence-electron chi connectivity index (χ2n) is 5.05. The molecule has 2 aromatic rings. The molecular formula is C15H15BrN2O2S. The Morgan fingerprint density at radius 1 is 1.14 bits per heavy atom.